The Kier molecular flexibility index (Phi) is 4.45. The summed E-state index contributed by atoms with van der Waals surface area (Å²) in [4.78, 5) is 2.50. The van der Waals surface area contributed by atoms with E-state index >= 15 is 0 Å². The van der Waals surface area contributed by atoms with Crippen LogP contribution >= 0.6 is 0 Å². The van der Waals surface area contributed by atoms with Crippen LogP contribution in [0.2, 0.25) is 0 Å². The number of hydrogen-bond donors (Lipinski definition) is 0. The average Bonchev–Trinajstić information content (AvgIpc) is 3.29. The molecule has 0 aliphatic carbocycles. The molecular weight excluding hydrogens is 447 g/mol. The third-order valence-electron chi connectivity index (χ3n) is 8.34. The highest BCUT2D eigenvalue weighted by Gasteiger charge is 2.42. The number of para-hydroxylation sites is 3. The summed E-state index contributed by atoms with van der Waals surface area (Å²) >= 11 is 0. The number of nitrogens with zero attached hydrogens (tertiary/aromatic N) is 2. The van der Waals surface area contributed by atoms with E-state index in [1.807, 2.05) is 0 Å². The minimum Gasteiger partial charge on any atom is -0.375 e. The standard InChI is InChI=1S/C34H27BN2/c1-2-3-11-23-20-21-29-32(22-23)36(24-12-5-4-6-13-24)31-19-10-15-26-28-17-9-16-27-25-14-7-8-18-30(25)37(34(27)28)35(29)33(26)31/h4-10,12-22H,2-3,11H2,1H3. The van der Waals surface area contributed by atoms with E-state index in [4.69, 9.17) is 0 Å². The van der Waals surface area contributed by atoms with Gasteiger partial charge in [-0.05, 0) is 65.2 Å². The first-order chi connectivity index (χ1) is 18.3. The Labute approximate surface area is 217 Å². The third-order valence-corrected chi connectivity index (χ3v) is 8.34. The van der Waals surface area contributed by atoms with E-state index in [1.54, 1.807) is 0 Å². The Balaban J connectivity index is 1.51. The first-order valence-electron chi connectivity index (χ1n) is 13.5. The summed E-state index contributed by atoms with van der Waals surface area (Å²) < 4.78 is 2.62. The van der Waals surface area contributed by atoms with Crippen LogP contribution in [0.4, 0.5) is 17.1 Å². The van der Waals surface area contributed by atoms with Gasteiger partial charge in [-0.15, -0.1) is 0 Å². The molecule has 0 unspecified atom stereocenters. The molecule has 0 spiro atoms. The third kappa shape index (κ3) is 2.83. The van der Waals surface area contributed by atoms with Gasteiger partial charge in [0.05, 0.1) is 0 Å². The van der Waals surface area contributed by atoms with Crippen LogP contribution in [0.25, 0.3) is 32.9 Å². The number of rotatable bonds is 4. The smallest absolute Gasteiger partial charge is 0.333 e. The van der Waals surface area contributed by atoms with Crippen LogP contribution in [0, 0.1) is 0 Å². The van der Waals surface area contributed by atoms with Gasteiger partial charge in [0, 0.05) is 44.4 Å². The van der Waals surface area contributed by atoms with Gasteiger partial charge in [-0.3, -0.25) is 0 Å². The van der Waals surface area contributed by atoms with Gasteiger partial charge < -0.3 is 9.38 Å². The lowest BCUT2D eigenvalue weighted by Gasteiger charge is -2.40. The van der Waals surface area contributed by atoms with Crippen molar-refractivity contribution in [1.82, 2.24) is 4.48 Å². The van der Waals surface area contributed by atoms with E-state index in [0.717, 1.165) is 6.42 Å². The topological polar surface area (TPSA) is 8.17 Å². The van der Waals surface area contributed by atoms with Gasteiger partial charge >= 0.3 is 6.85 Å². The molecule has 0 saturated carbocycles. The molecule has 2 nitrogen and oxygen atoms in total. The van der Waals surface area contributed by atoms with E-state index in [-0.39, 0.29) is 6.85 Å². The van der Waals surface area contributed by atoms with Gasteiger partial charge in [-0.25, -0.2) is 0 Å². The quantitative estimate of drug-likeness (QED) is 0.239. The number of anilines is 3. The lowest BCUT2D eigenvalue weighted by atomic mass is 9.45. The van der Waals surface area contributed by atoms with Gasteiger partial charge in [0.1, 0.15) is 0 Å². The van der Waals surface area contributed by atoms with Crippen molar-refractivity contribution in [3.8, 4) is 11.1 Å². The molecule has 37 heavy (non-hydrogen) atoms. The predicted molar refractivity (Wildman–Crippen MR) is 159 cm³/mol. The molecule has 2 aliphatic heterocycles. The van der Waals surface area contributed by atoms with Crippen molar-refractivity contribution < 1.29 is 0 Å². The van der Waals surface area contributed by atoms with E-state index < -0.39 is 0 Å². The minimum absolute atomic E-state index is 0.138. The summed E-state index contributed by atoms with van der Waals surface area (Å²) in [6.45, 7) is 2.41. The molecule has 0 fully saturated rings. The molecule has 0 amide bonds. The summed E-state index contributed by atoms with van der Waals surface area (Å²) in [7, 11) is 0. The molecule has 3 heterocycles. The average molecular weight is 474 g/mol. The number of unbranched alkanes of at least 4 members (excludes halogenated alkanes) is 1. The van der Waals surface area contributed by atoms with Crippen molar-refractivity contribution in [2.75, 3.05) is 4.90 Å². The Bertz CT molecular complexity index is 1830. The predicted octanol–water partition coefficient (Wildman–Crippen LogP) is 7.55. The minimum atomic E-state index is 0.138. The number of fused-ring (bicyclic) bond motifs is 7. The van der Waals surface area contributed by atoms with Crippen molar-refractivity contribution in [3.05, 3.63) is 115 Å². The van der Waals surface area contributed by atoms with Crippen LogP contribution in [-0.4, -0.2) is 11.3 Å². The molecule has 176 valence electrons. The molecule has 0 atom stereocenters. The molecule has 2 aliphatic rings. The lowest BCUT2D eigenvalue weighted by Crippen LogP contribution is -2.56. The van der Waals surface area contributed by atoms with Crippen LogP contribution < -0.4 is 15.8 Å². The van der Waals surface area contributed by atoms with Crippen LogP contribution in [0.5, 0.6) is 0 Å². The Morgan fingerprint density at radius 1 is 0.676 bits per heavy atom. The van der Waals surface area contributed by atoms with Gasteiger partial charge in [0.25, 0.3) is 0 Å². The Morgan fingerprint density at radius 2 is 1.46 bits per heavy atom. The maximum atomic E-state index is 2.62. The van der Waals surface area contributed by atoms with Gasteiger partial charge in [-0.2, -0.15) is 0 Å². The van der Waals surface area contributed by atoms with Crippen molar-refractivity contribution in [3.63, 3.8) is 0 Å². The summed E-state index contributed by atoms with van der Waals surface area (Å²) in [6.07, 6.45) is 3.53. The second kappa shape index (κ2) is 7.88. The van der Waals surface area contributed by atoms with Gasteiger partial charge in [0.2, 0.25) is 0 Å². The van der Waals surface area contributed by atoms with Crippen LogP contribution in [0.1, 0.15) is 25.3 Å². The fourth-order valence-corrected chi connectivity index (χ4v) is 6.77. The second-order valence-corrected chi connectivity index (χ2v) is 10.4. The molecule has 6 aromatic rings. The van der Waals surface area contributed by atoms with E-state index in [0.29, 0.717) is 0 Å². The zero-order chi connectivity index (χ0) is 24.5. The Hall–Kier alpha value is -4.24. The molecule has 8 rings (SSSR count). The van der Waals surface area contributed by atoms with E-state index in [9.17, 15) is 0 Å². The van der Waals surface area contributed by atoms with Gasteiger partial charge in [0.15, 0.2) is 0 Å². The highest BCUT2D eigenvalue weighted by atomic mass is 15.2. The fourth-order valence-electron chi connectivity index (χ4n) is 6.77. The summed E-state index contributed by atoms with van der Waals surface area (Å²) in [5, 5.41) is 2.68. The lowest BCUT2D eigenvalue weighted by molar-refractivity contribution is 0.795. The maximum Gasteiger partial charge on any atom is 0.333 e. The monoisotopic (exact) mass is 474 g/mol. The number of hydrogen-bond acceptors (Lipinski definition) is 1. The number of benzene rings is 5. The largest absolute Gasteiger partial charge is 0.375 e. The molecule has 0 radical (unpaired) electrons. The van der Waals surface area contributed by atoms with E-state index in [1.165, 1.54) is 79.3 Å². The normalized spacial score (nSPS) is 13.2. The van der Waals surface area contributed by atoms with Crippen LogP contribution in [0.3, 0.4) is 0 Å². The van der Waals surface area contributed by atoms with Crippen molar-refractivity contribution in [2.24, 2.45) is 0 Å². The first-order valence-corrected chi connectivity index (χ1v) is 13.5. The molecule has 0 bridgehead atoms. The first kappa shape index (κ1) is 20.9. The highest BCUT2D eigenvalue weighted by molar-refractivity contribution is 6.90. The van der Waals surface area contributed by atoms with Crippen molar-refractivity contribution in [1.29, 1.82) is 0 Å². The zero-order valence-corrected chi connectivity index (χ0v) is 21.0. The molecule has 0 saturated heterocycles. The van der Waals surface area contributed by atoms with Crippen molar-refractivity contribution >= 4 is 56.6 Å². The number of aryl methyl sites for hydroxylation is 1. The number of aromatic nitrogens is 1. The summed E-state index contributed by atoms with van der Waals surface area (Å²) in [6, 6.07) is 40.7. The van der Waals surface area contributed by atoms with Crippen LogP contribution in [0.15, 0.2) is 109 Å². The van der Waals surface area contributed by atoms with E-state index in [2.05, 4.69) is 125 Å². The van der Waals surface area contributed by atoms with Crippen LogP contribution in [-0.2, 0) is 6.42 Å². The van der Waals surface area contributed by atoms with Crippen molar-refractivity contribution in [2.45, 2.75) is 26.2 Å². The fraction of sp³-hybridized carbons (Fsp3) is 0.118. The van der Waals surface area contributed by atoms with Gasteiger partial charge in [-0.1, -0.05) is 92.2 Å². The molecular formula is C34H27BN2. The Morgan fingerprint density at radius 3 is 2.35 bits per heavy atom. The SMILES string of the molecule is CCCCc1ccc2c(c1)N(c1ccccc1)c1cccc3c1B2n1c2ccccc2c2cccc-3c21. The molecule has 0 N–H and O–H groups in total. The second-order valence-electron chi connectivity index (χ2n) is 10.4. The zero-order valence-electron chi connectivity index (χ0n) is 21.0. The molecule has 5 aromatic carbocycles. The highest BCUT2D eigenvalue weighted by Crippen LogP contribution is 2.44. The molecule has 3 heteroatoms. The molecule has 1 aromatic heterocycles. The summed E-state index contributed by atoms with van der Waals surface area (Å²) in [5.41, 5.74) is 13.3. The maximum absolute atomic E-state index is 2.62. The summed E-state index contributed by atoms with van der Waals surface area (Å²) in [5.74, 6) is 0.